The summed E-state index contributed by atoms with van der Waals surface area (Å²) < 4.78 is 1.34. The summed E-state index contributed by atoms with van der Waals surface area (Å²) >= 11 is 0. The van der Waals surface area contributed by atoms with Gasteiger partial charge in [0.1, 0.15) is 0 Å². The highest BCUT2D eigenvalue weighted by Gasteiger charge is 1.70. The predicted molar refractivity (Wildman–Crippen MR) is 26.8 cm³/mol. The van der Waals surface area contributed by atoms with Gasteiger partial charge in [0, 0.05) is 12.4 Å². The van der Waals surface area contributed by atoms with Crippen LogP contribution in [0.1, 0.15) is 0 Å². The monoisotopic (exact) mass is 110 g/mol. The zero-order chi connectivity index (χ0) is 5.82. The van der Waals surface area contributed by atoms with Crippen LogP contribution in [-0.2, 0) is 0 Å². The number of hydrogen-bond donors (Lipinski definition) is 0. The van der Waals surface area contributed by atoms with Crippen LogP contribution in [0.15, 0.2) is 29.2 Å². The first-order valence-corrected chi connectivity index (χ1v) is 1.99. The molecule has 1 rings (SSSR count). The zero-order valence-corrected chi connectivity index (χ0v) is 4.02. The minimum atomic E-state index is 1.34. The van der Waals surface area contributed by atoms with Gasteiger partial charge in [-0.1, -0.05) is 0 Å². The van der Waals surface area contributed by atoms with Crippen LogP contribution in [-0.4, -0.2) is 9.66 Å². The van der Waals surface area contributed by atoms with E-state index in [4.69, 9.17) is 5.84 Å². The van der Waals surface area contributed by atoms with E-state index in [0.29, 0.717) is 0 Å². The third-order valence-corrected chi connectivity index (χ3v) is 0.638. The van der Waals surface area contributed by atoms with E-state index in [1.807, 2.05) is 0 Å². The van der Waals surface area contributed by atoms with E-state index in [0.717, 1.165) is 0 Å². The number of nitrogens with zero attached hydrogens (tertiary/aromatic N) is 4. The summed E-state index contributed by atoms with van der Waals surface area (Å²) in [5.41, 5.74) is 0. The Hall–Kier alpha value is -1.39. The Balaban J connectivity index is 2.77. The average Bonchev–Trinajstić information content (AvgIpc) is 2.19. The molecular weight excluding hydrogens is 106 g/mol. The van der Waals surface area contributed by atoms with E-state index in [2.05, 4.69) is 15.4 Å². The molecule has 0 radical (unpaired) electrons. The van der Waals surface area contributed by atoms with E-state index in [1.165, 1.54) is 11.0 Å². The maximum Gasteiger partial charge on any atom is 0.0988 e. The van der Waals surface area contributed by atoms with Gasteiger partial charge in [0.25, 0.3) is 0 Å². The van der Waals surface area contributed by atoms with Crippen molar-refractivity contribution in [1.29, 1.82) is 0 Å². The smallest absolute Gasteiger partial charge is 0.0988 e. The van der Waals surface area contributed by atoms with Gasteiger partial charge in [-0.3, -0.25) is 10.4 Å². The van der Waals surface area contributed by atoms with Crippen molar-refractivity contribution in [2.75, 3.05) is 0 Å². The van der Waals surface area contributed by atoms with Gasteiger partial charge in [-0.15, -0.1) is 0 Å². The van der Waals surface area contributed by atoms with E-state index < -0.39 is 0 Å². The van der Waals surface area contributed by atoms with Crippen molar-refractivity contribution >= 4 is 0 Å². The Morgan fingerprint density at radius 1 is 1.62 bits per heavy atom. The fourth-order valence-electron chi connectivity index (χ4n) is 0.357. The van der Waals surface area contributed by atoms with Crippen LogP contribution >= 0.6 is 0 Å². The van der Waals surface area contributed by atoms with Crippen LogP contribution in [0.4, 0.5) is 0 Å². The van der Waals surface area contributed by atoms with Crippen molar-refractivity contribution in [2.24, 2.45) is 10.4 Å². The first-order valence-electron chi connectivity index (χ1n) is 1.99. The molecule has 0 fully saturated rings. The quantitative estimate of drug-likeness (QED) is 0.393. The summed E-state index contributed by atoms with van der Waals surface area (Å²) in [7, 11) is 0. The third-order valence-electron chi connectivity index (χ3n) is 0.638. The number of aromatic nitrogens is 2. The average molecular weight is 110 g/mol. The molecule has 0 amide bonds. The molecule has 0 unspecified atom stereocenters. The Labute approximate surface area is 45.8 Å². The van der Waals surface area contributed by atoms with Crippen molar-refractivity contribution in [3.05, 3.63) is 24.6 Å². The summed E-state index contributed by atoms with van der Waals surface area (Å²) in [5.74, 6) is 6.29. The van der Waals surface area contributed by atoms with Gasteiger partial charge >= 0.3 is 0 Å². The summed E-state index contributed by atoms with van der Waals surface area (Å²) in [6, 6.07) is 0. The topological polar surface area (TPSA) is 66.3 Å². The number of rotatable bonds is 1. The first kappa shape index (κ1) is 4.76. The minimum Gasteiger partial charge on any atom is -0.397 e. The zero-order valence-electron chi connectivity index (χ0n) is 4.02. The standard InChI is InChI=1S/C3H4N5/c4-6-7-8-2-1-5-3-8/h1-3H,(H-,4,7)/q-1. The van der Waals surface area contributed by atoms with Crippen LogP contribution in [0.5, 0.6) is 0 Å². The lowest BCUT2D eigenvalue weighted by Crippen LogP contribution is -1.76. The van der Waals surface area contributed by atoms with Crippen LogP contribution in [0.2, 0.25) is 0 Å². The molecule has 5 heteroatoms. The molecule has 1 aromatic rings. The summed E-state index contributed by atoms with van der Waals surface area (Å²) in [6.45, 7) is 0. The van der Waals surface area contributed by atoms with Gasteiger partial charge in [-0.05, 0) is 0 Å². The highest BCUT2D eigenvalue weighted by atomic mass is 15.5. The number of hydrogen-bond acceptors (Lipinski definition) is 3. The molecule has 1 aromatic heterocycles. The van der Waals surface area contributed by atoms with E-state index >= 15 is 0 Å². The van der Waals surface area contributed by atoms with Crippen LogP contribution < -0.4 is 0 Å². The molecule has 0 aliphatic carbocycles. The van der Waals surface area contributed by atoms with Gasteiger partial charge in [0.2, 0.25) is 0 Å². The van der Waals surface area contributed by atoms with E-state index in [-0.39, 0.29) is 0 Å². The SMILES string of the molecule is [NH-]/N=N/n1ccnc1. The Morgan fingerprint density at radius 3 is 3.00 bits per heavy atom. The molecule has 0 saturated carbocycles. The Kier molecular flexibility index (Phi) is 1.23. The molecule has 0 bridgehead atoms. The lowest BCUT2D eigenvalue weighted by molar-refractivity contribution is 0.800. The van der Waals surface area contributed by atoms with Gasteiger partial charge < -0.3 is 10.5 Å². The normalized spacial score (nSPS) is 10.5. The van der Waals surface area contributed by atoms with Gasteiger partial charge in [0.05, 0.1) is 6.33 Å². The maximum atomic E-state index is 6.29. The molecular formula is C3H4N5-. The Morgan fingerprint density at radius 2 is 2.50 bits per heavy atom. The van der Waals surface area contributed by atoms with Crippen LogP contribution in [0, 0.1) is 0 Å². The fraction of sp³-hybridized carbons (Fsp3) is 0. The lowest BCUT2D eigenvalue weighted by Gasteiger charge is -1.93. The van der Waals surface area contributed by atoms with Gasteiger partial charge in [0.15, 0.2) is 0 Å². The van der Waals surface area contributed by atoms with Crippen LogP contribution in [0.3, 0.4) is 0 Å². The summed E-state index contributed by atoms with van der Waals surface area (Å²) in [5, 5.41) is 6.09. The van der Waals surface area contributed by atoms with Crippen molar-refractivity contribution in [2.45, 2.75) is 0 Å². The fourth-order valence-corrected chi connectivity index (χ4v) is 0.357. The highest BCUT2D eigenvalue weighted by Crippen LogP contribution is 1.83. The predicted octanol–water partition coefficient (Wildman–Crippen LogP) is 1.07. The second-order valence-electron chi connectivity index (χ2n) is 1.13. The molecule has 8 heavy (non-hydrogen) atoms. The first-order chi connectivity index (χ1) is 3.93. The molecule has 5 nitrogen and oxygen atoms in total. The Bertz CT molecular complexity index is 164. The largest absolute Gasteiger partial charge is 0.397 e. The second kappa shape index (κ2) is 2.06. The molecule has 0 atom stereocenters. The maximum absolute atomic E-state index is 6.29. The second-order valence-corrected chi connectivity index (χ2v) is 1.13. The molecule has 42 valence electrons. The van der Waals surface area contributed by atoms with Crippen molar-refractivity contribution in [3.63, 3.8) is 0 Å². The molecule has 0 aliphatic rings. The summed E-state index contributed by atoms with van der Waals surface area (Å²) in [6.07, 6.45) is 4.62. The van der Waals surface area contributed by atoms with Crippen molar-refractivity contribution in [3.8, 4) is 0 Å². The number of nitrogens with one attached hydrogen (secondary N) is 1. The highest BCUT2D eigenvalue weighted by molar-refractivity contribution is 4.71. The van der Waals surface area contributed by atoms with Crippen LogP contribution in [0.25, 0.3) is 5.84 Å². The molecule has 0 aromatic carbocycles. The molecule has 1 heterocycles. The van der Waals surface area contributed by atoms with Gasteiger partial charge in [-0.2, -0.15) is 0 Å². The van der Waals surface area contributed by atoms with Gasteiger partial charge in [-0.25, -0.2) is 4.98 Å². The molecule has 0 spiro atoms. The van der Waals surface area contributed by atoms with E-state index in [1.54, 1.807) is 12.4 Å². The number of imidazole rings is 1. The van der Waals surface area contributed by atoms with Crippen molar-refractivity contribution < 1.29 is 0 Å². The molecule has 0 saturated heterocycles. The molecule has 0 aliphatic heterocycles. The third kappa shape index (κ3) is 0.810. The summed E-state index contributed by atoms with van der Waals surface area (Å²) in [4.78, 5) is 3.67. The molecule has 1 N–H and O–H groups in total. The van der Waals surface area contributed by atoms with E-state index in [9.17, 15) is 0 Å². The lowest BCUT2D eigenvalue weighted by atomic mass is 11.0. The van der Waals surface area contributed by atoms with Crippen molar-refractivity contribution in [1.82, 2.24) is 9.66 Å². The minimum absolute atomic E-state index is 1.34.